The van der Waals surface area contributed by atoms with Crippen LogP contribution in [0.15, 0.2) is 29.2 Å². The molecule has 1 saturated carbocycles. The summed E-state index contributed by atoms with van der Waals surface area (Å²) < 4.78 is 5.76. The maximum atomic E-state index is 12.7. The van der Waals surface area contributed by atoms with Crippen molar-refractivity contribution in [3.8, 4) is 5.75 Å². The smallest absolute Gasteiger partial charge is 0.266 e. The zero-order valence-corrected chi connectivity index (χ0v) is 18.4. The number of hydrogen-bond acceptors (Lipinski definition) is 5. The fraction of sp³-hybridized carbons (Fsp3) is 0.500. The minimum Gasteiger partial charge on any atom is -0.497 e. The van der Waals surface area contributed by atoms with Crippen LogP contribution >= 0.6 is 24.0 Å². The molecule has 1 aliphatic carbocycles. The first kappa shape index (κ1) is 21.8. The molecule has 1 aliphatic heterocycles. The third-order valence-electron chi connectivity index (χ3n) is 5.29. The summed E-state index contributed by atoms with van der Waals surface area (Å²) in [4.78, 5) is 27.0. The second-order valence-corrected chi connectivity index (χ2v) is 9.14. The number of unbranched alkanes of at least 4 members (excludes halogenated alkanes) is 2. The largest absolute Gasteiger partial charge is 0.497 e. The van der Waals surface area contributed by atoms with E-state index in [0.717, 1.165) is 43.4 Å². The Morgan fingerprint density at radius 1 is 1.24 bits per heavy atom. The van der Waals surface area contributed by atoms with Gasteiger partial charge in [-0.2, -0.15) is 0 Å². The highest BCUT2D eigenvalue weighted by Crippen LogP contribution is 2.33. The molecule has 1 saturated heterocycles. The summed E-state index contributed by atoms with van der Waals surface area (Å²) in [7, 11) is 1.63. The van der Waals surface area contributed by atoms with Crippen molar-refractivity contribution in [1.29, 1.82) is 0 Å². The number of amides is 2. The summed E-state index contributed by atoms with van der Waals surface area (Å²) in [5.41, 5.74) is 0.944. The lowest BCUT2D eigenvalue weighted by Gasteiger charge is -2.14. The maximum absolute atomic E-state index is 12.7. The van der Waals surface area contributed by atoms with Gasteiger partial charge in [-0.15, -0.1) is 0 Å². The summed E-state index contributed by atoms with van der Waals surface area (Å²) >= 11 is 6.74. The van der Waals surface area contributed by atoms with Gasteiger partial charge in [-0.3, -0.25) is 14.5 Å². The average Bonchev–Trinajstić information content (AvgIpc) is 3.31. The lowest BCUT2D eigenvalue weighted by Crippen LogP contribution is -2.32. The lowest BCUT2D eigenvalue weighted by molar-refractivity contribution is -0.123. The van der Waals surface area contributed by atoms with Crippen molar-refractivity contribution in [3.05, 3.63) is 34.7 Å². The second kappa shape index (κ2) is 10.8. The molecule has 156 valence electrons. The topological polar surface area (TPSA) is 58.6 Å². The number of carbonyl (C=O) groups is 2. The third kappa shape index (κ3) is 6.31. The van der Waals surface area contributed by atoms with Crippen molar-refractivity contribution in [2.24, 2.45) is 0 Å². The standard InChI is InChI=1S/C22H28N2O3S2/c1-27-18-12-10-16(11-13-18)15-19-21(26)24(22(28)29-19)14-6-2-3-9-20(25)23-17-7-4-5-8-17/h10-13,15,17H,2-9,14H2,1H3,(H,23,25)/b19-15-. The Hall–Kier alpha value is -1.86. The van der Waals surface area contributed by atoms with Crippen LogP contribution in [0, 0.1) is 0 Å². The van der Waals surface area contributed by atoms with Crippen LogP contribution < -0.4 is 10.1 Å². The molecule has 2 aliphatic rings. The number of benzene rings is 1. The van der Waals surface area contributed by atoms with Crippen molar-refractivity contribution in [2.75, 3.05) is 13.7 Å². The van der Waals surface area contributed by atoms with Gasteiger partial charge in [0.1, 0.15) is 10.1 Å². The molecule has 1 aromatic carbocycles. The van der Waals surface area contributed by atoms with Gasteiger partial charge in [0, 0.05) is 19.0 Å². The van der Waals surface area contributed by atoms with Crippen molar-refractivity contribution >= 4 is 46.2 Å². The molecule has 1 N–H and O–H groups in total. The van der Waals surface area contributed by atoms with E-state index in [1.807, 2.05) is 30.3 Å². The van der Waals surface area contributed by atoms with Crippen LogP contribution in [0.1, 0.15) is 56.9 Å². The number of thioether (sulfide) groups is 1. The molecular weight excluding hydrogens is 404 g/mol. The van der Waals surface area contributed by atoms with Crippen LogP contribution in [0.3, 0.4) is 0 Å². The minimum atomic E-state index is -0.0326. The molecule has 0 atom stereocenters. The number of rotatable bonds is 9. The summed E-state index contributed by atoms with van der Waals surface area (Å²) in [6.07, 6.45) is 9.71. The predicted molar refractivity (Wildman–Crippen MR) is 122 cm³/mol. The molecule has 2 amide bonds. The van der Waals surface area contributed by atoms with E-state index in [9.17, 15) is 9.59 Å². The van der Waals surface area contributed by atoms with Crippen molar-refractivity contribution < 1.29 is 14.3 Å². The number of nitrogens with zero attached hydrogens (tertiary/aromatic N) is 1. The Kier molecular flexibility index (Phi) is 8.12. The van der Waals surface area contributed by atoms with Crippen molar-refractivity contribution in [2.45, 2.75) is 57.4 Å². The molecule has 2 fully saturated rings. The van der Waals surface area contributed by atoms with E-state index < -0.39 is 0 Å². The monoisotopic (exact) mass is 432 g/mol. The fourth-order valence-electron chi connectivity index (χ4n) is 3.65. The molecule has 0 spiro atoms. The van der Waals surface area contributed by atoms with Gasteiger partial charge in [0.2, 0.25) is 5.91 Å². The van der Waals surface area contributed by atoms with Gasteiger partial charge in [0.15, 0.2) is 0 Å². The summed E-state index contributed by atoms with van der Waals surface area (Å²) in [5.74, 6) is 0.909. The third-order valence-corrected chi connectivity index (χ3v) is 6.67. The van der Waals surface area contributed by atoms with E-state index in [1.54, 1.807) is 12.0 Å². The van der Waals surface area contributed by atoms with Crippen LogP contribution in [-0.2, 0) is 9.59 Å². The average molecular weight is 433 g/mol. The van der Waals surface area contributed by atoms with Crippen LogP contribution in [0.25, 0.3) is 6.08 Å². The van der Waals surface area contributed by atoms with Crippen LogP contribution in [0.2, 0.25) is 0 Å². The molecule has 0 unspecified atom stereocenters. The first-order chi connectivity index (χ1) is 14.1. The highest BCUT2D eigenvalue weighted by molar-refractivity contribution is 8.26. The predicted octanol–water partition coefficient (Wildman–Crippen LogP) is 4.52. The van der Waals surface area contributed by atoms with Gasteiger partial charge in [0.05, 0.1) is 12.0 Å². The van der Waals surface area contributed by atoms with Crippen molar-refractivity contribution in [1.82, 2.24) is 10.2 Å². The zero-order valence-electron chi connectivity index (χ0n) is 16.8. The van der Waals surface area contributed by atoms with Crippen LogP contribution in [0.5, 0.6) is 5.75 Å². The Labute approximate surface area is 182 Å². The SMILES string of the molecule is COc1ccc(/C=C2\SC(=S)N(CCCCCC(=O)NC3CCCC3)C2=O)cc1. The number of carbonyl (C=O) groups excluding carboxylic acids is 2. The number of ether oxygens (including phenoxy) is 1. The van der Waals surface area contributed by atoms with Crippen LogP contribution in [-0.4, -0.2) is 40.7 Å². The number of thiocarbonyl (C=S) groups is 1. The molecule has 3 rings (SSSR count). The number of nitrogens with one attached hydrogen (secondary N) is 1. The van der Waals surface area contributed by atoms with Gasteiger partial charge in [-0.1, -0.05) is 55.4 Å². The van der Waals surface area contributed by atoms with E-state index >= 15 is 0 Å². The molecule has 29 heavy (non-hydrogen) atoms. The van der Waals surface area contributed by atoms with E-state index in [-0.39, 0.29) is 11.8 Å². The van der Waals surface area contributed by atoms with Gasteiger partial charge >= 0.3 is 0 Å². The Morgan fingerprint density at radius 3 is 2.66 bits per heavy atom. The molecule has 5 nitrogen and oxygen atoms in total. The maximum Gasteiger partial charge on any atom is 0.266 e. The fourth-order valence-corrected chi connectivity index (χ4v) is 4.96. The van der Waals surface area contributed by atoms with Crippen LogP contribution in [0.4, 0.5) is 0 Å². The molecular formula is C22H28N2O3S2. The Balaban J connectivity index is 1.40. The van der Waals surface area contributed by atoms with E-state index in [0.29, 0.717) is 28.2 Å². The first-order valence-corrected chi connectivity index (χ1v) is 11.5. The quantitative estimate of drug-likeness (QED) is 0.353. The van der Waals surface area contributed by atoms with E-state index in [1.165, 1.54) is 24.6 Å². The Morgan fingerprint density at radius 2 is 1.97 bits per heavy atom. The first-order valence-electron chi connectivity index (χ1n) is 10.3. The van der Waals surface area contributed by atoms with Gasteiger partial charge < -0.3 is 10.1 Å². The molecule has 7 heteroatoms. The molecule has 1 heterocycles. The molecule has 0 radical (unpaired) electrons. The van der Waals surface area contributed by atoms with Gasteiger partial charge in [-0.25, -0.2) is 0 Å². The molecule has 0 aromatic heterocycles. The second-order valence-electron chi connectivity index (χ2n) is 7.47. The zero-order chi connectivity index (χ0) is 20.6. The number of hydrogen-bond donors (Lipinski definition) is 1. The highest BCUT2D eigenvalue weighted by Gasteiger charge is 2.31. The lowest BCUT2D eigenvalue weighted by atomic mass is 10.1. The highest BCUT2D eigenvalue weighted by atomic mass is 32.2. The summed E-state index contributed by atoms with van der Waals surface area (Å²) in [6.45, 7) is 0.606. The minimum absolute atomic E-state index is 0.0326. The molecule has 1 aromatic rings. The van der Waals surface area contributed by atoms with E-state index in [2.05, 4.69) is 5.32 Å². The summed E-state index contributed by atoms with van der Waals surface area (Å²) in [5, 5.41) is 3.12. The number of methoxy groups -OCH3 is 1. The Bertz CT molecular complexity index is 771. The van der Waals surface area contributed by atoms with Gasteiger partial charge in [-0.05, 0) is 49.5 Å². The van der Waals surface area contributed by atoms with Gasteiger partial charge in [0.25, 0.3) is 5.91 Å². The van der Waals surface area contributed by atoms with Crippen molar-refractivity contribution in [3.63, 3.8) is 0 Å². The molecule has 0 bridgehead atoms. The van der Waals surface area contributed by atoms with E-state index in [4.69, 9.17) is 17.0 Å². The normalized spacial score (nSPS) is 18.7. The summed E-state index contributed by atoms with van der Waals surface area (Å²) in [6, 6.07) is 7.96.